The molecule has 0 saturated carbocycles. The van der Waals surface area contributed by atoms with E-state index in [-0.39, 0.29) is 35.5 Å². The van der Waals surface area contributed by atoms with Gasteiger partial charge < -0.3 is 4.90 Å². The Morgan fingerprint density at radius 1 is 1.17 bits per heavy atom. The van der Waals surface area contributed by atoms with Crippen LogP contribution < -0.4 is 0 Å². The van der Waals surface area contributed by atoms with E-state index in [1.54, 1.807) is 6.92 Å². The normalized spacial score (nSPS) is 21.9. The van der Waals surface area contributed by atoms with E-state index < -0.39 is 14.9 Å². The Morgan fingerprint density at radius 3 is 2.48 bits per heavy atom. The lowest BCUT2D eigenvalue weighted by atomic mass is 9.92. The summed E-state index contributed by atoms with van der Waals surface area (Å²) in [7, 11) is -3.83. The van der Waals surface area contributed by atoms with Crippen molar-refractivity contribution in [2.75, 3.05) is 19.6 Å². The molecule has 9 heteroatoms. The summed E-state index contributed by atoms with van der Waals surface area (Å²) in [4.78, 5) is 25.4. The highest BCUT2D eigenvalue weighted by molar-refractivity contribution is 7.89. The number of nitro groups is 1. The number of piperidine rings is 2. The van der Waals surface area contributed by atoms with E-state index in [0.29, 0.717) is 24.4 Å². The van der Waals surface area contributed by atoms with Gasteiger partial charge in [0.2, 0.25) is 15.9 Å². The molecule has 1 amide bonds. The fourth-order valence-corrected chi connectivity index (χ4v) is 6.13. The molecular formula is C20H29N3O5S. The van der Waals surface area contributed by atoms with Crippen molar-refractivity contribution < 1.29 is 18.1 Å². The van der Waals surface area contributed by atoms with Crippen molar-refractivity contribution in [2.45, 2.75) is 63.3 Å². The van der Waals surface area contributed by atoms with Crippen LogP contribution in [-0.2, 0) is 14.8 Å². The summed E-state index contributed by atoms with van der Waals surface area (Å²) in [5.74, 6) is -0.0000612. The lowest BCUT2D eigenvalue weighted by Crippen LogP contribution is -2.49. The predicted octanol–water partition coefficient (Wildman–Crippen LogP) is 3.10. The first kappa shape index (κ1) is 21.7. The number of non-ortho nitro benzene ring substituents is 1. The Hall–Kier alpha value is -2.00. The minimum Gasteiger partial charge on any atom is -0.339 e. The molecule has 0 bridgehead atoms. The number of rotatable bonds is 5. The van der Waals surface area contributed by atoms with Crippen LogP contribution in [0.4, 0.5) is 5.69 Å². The molecule has 2 aliphatic heterocycles. The topological polar surface area (TPSA) is 101 Å². The smallest absolute Gasteiger partial charge is 0.270 e. The van der Waals surface area contributed by atoms with Gasteiger partial charge in [0.05, 0.1) is 9.82 Å². The number of carbonyl (C=O) groups is 1. The summed E-state index contributed by atoms with van der Waals surface area (Å²) in [5, 5.41) is 11.0. The number of sulfonamides is 1. The first-order valence-corrected chi connectivity index (χ1v) is 11.8. The maximum Gasteiger partial charge on any atom is 0.270 e. The van der Waals surface area contributed by atoms with Gasteiger partial charge in [-0.1, -0.05) is 13.0 Å². The Labute approximate surface area is 172 Å². The summed E-state index contributed by atoms with van der Waals surface area (Å²) < 4.78 is 27.5. The fraction of sp³-hybridized carbons (Fsp3) is 0.650. The van der Waals surface area contributed by atoms with Crippen LogP contribution in [0, 0.1) is 23.0 Å². The highest BCUT2D eigenvalue weighted by Gasteiger charge is 2.36. The first-order valence-electron chi connectivity index (χ1n) is 10.3. The first-order chi connectivity index (χ1) is 13.8. The van der Waals surface area contributed by atoms with Crippen LogP contribution in [0.25, 0.3) is 0 Å². The third-order valence-electron chi connectivity index (χ3n) is 6.19. The molecule has 2 aliphatic rings. The summed E-state index contributed by atoms with van der Waals surface area (Å²) in [6, 6.07) is 4.19. The number of aryl methyl sites for hydroxylation is 1. The van der Waals surface area contributed by atoms with Crippen molar-refractivity contribution in [1.82, 2.24) is 9.21 Å². The number of nitrogens with zero attached hydrogens (tertiary/aromatic N) is 3. The molecule has 2 fully saturated rings. The van der Waals surface area contributed by atoms with E-state index in [1.807, 2.05) is 4.90 Å². The average molecular weight is 424 g/mol. The second-order valence-electron chi connectivity index (χ2n) is 7.97. The van der Waals surface area contributed by atoms with Gasteiger partial charge in [0.15, 0.2) is 0 Å². The van der Waals surface area contributed by atoms with Gasteiger partial charge in [-0.2, -0.15) is 4.31 Å². The van der Waals surface area contributed by atoms with Gasteiger partial charge in [0, 0.05) is 43.7 Å². The molecule has 0 spiro atoms. The number of amides is 1. The van der Waals surface area contributed by atoms with Crippen LogP contribution in [0.3, 0.4) is 0 Å². The van der Waals surface area contributed by atoms with Crippen molar-refractivity contribution in [3.63, 3.8) is 0 Å². The molecule has 0 aromatic heterocycles. The minimum atomic E-state index is -3.83. The third kappa shape index (κ3) is 4.45. The van der Waals surface area contributed by atoms with E-state index in [2.05, 4.69) is 6.92 Å². The van der Waals surface area contributed by atoms with Crippen LogP contribution >= 0.6 is 0 Å². The molecule has 8 nitrogen and oxygen atoms in total. The Balaban J connectivity index is 1.71. The lowest BCUT2D eigenvalue weighted by Gasteiger charge is -2.39. The van der Waals surface area contributed by atoms with E-state index in [9.17, 15) is 23.3 Å². The molecule has 0 aliphatic carbocycles. The number of benzene rings is 1. The molecule has 160 valence electrons. The van der Waals surface area contributed by atoms with Gasteiger partial charge in [-0.3, -0.25) is 14.9 Å². The van der Waals surface area contributed by atoms with Crippen LogP contribution in [0.5, 0.6) is 0 Å². The lowest BCUT2D eigenvalue weighted by molar-refractivity contribution is -0.385. The minimum absolute atomic E-state index is 0.0291. The van der Waals surface area contributed by atoms with Crippen molar-refractivity contribution in [3.05, 3.63) is 33.9 Å². The van der Waals surface area contributed by atoms with E-state index in [1.165, 1.54) is 16.4 Å². The summed E-state index contributed by atoms with van der Waals surface area (Å²) in [6.07, 6.45) is 5.15. The second kappa shape index (κ2) is 8.79. The largest absolute Gasteiger partial charge is 0.339 e. The zero-order valence-corrected chi connectivity index (χ0v) is 17.9. The molecule has 1 unspecified atom stereocenters. The van der Waals surface area contributed by atoms with E-state index in [4.69, 9.17) is 0 Å². The molecule has 1 atom stereocenters. The number of hydrogen-bond donors (Lipinski definition) is 0. The molecule has 2 saturated heterocycles. The highest BCUT2D eigenvalue weighted by atomic mass is 32.2. The predicted molar refractivity (Wildman–Crippen MR) is 109 cm³/mol. The summed E-state index contributed by atoms with van der Waals surface area (Å²) in [6.45, 7) is 5.04. The molecule has 1 aromatic carbocycles. The van der Waals surface area contributed by atoms with Crippen molar-refractivity contribution in [3.8, 4) is 0 Å². The second-order valence-corrected chi connectivity index (χ2v) is 9.88. The summed E-state index contributed by atoms with van der Waals surface area (Å²) >= 11 is 0. The SMILES string of the molecule is CCC1CCCCN1C(=O)C1CCN(S(=O)(=O)c2cc([N+](=O)[O-])ccc2C)CC1. The maximum atomic E-state index is 13.1. The maximum absolute atomic E-state index is 13.1. The van der Waals surface area contributed by atoms with Gasteiger partial charge in [0.25, 0.3) is 5.69 Å². The number of carbonyl (C=O) groups excluding carboxylic acids is 1. The van der Waals surface area contributed by atoms with Gasteiger partial charge in [0.1, 0.15) is 0 Å². The monoisotopic (exact) mass is 423 g/mol. The molecule has 0 radical (unpaired) electrons. The summed E-state index contributed by atoms with van der Waals surface area (Å²) in [5.41, 5.74) is 0.239. The quantitative estimate of drug-likeness (QED) is 0.535. The Kier molecular flexibility index (Phi) is 6.58. The van der Waals surface area contributed by atoms with E-state index in [0.717, 1.165) is 38.3 Å². The van der Waals surface area contributed by atoms with Gasteiger partial charge in [-0.25, -0.2) is 8.42 Å². The molecule has 3 rings (SSSR count). The van der Waals surface area contributed by atoms with Gasteiger partial charge in [-0.05, 0) is 51.0 Å². The van der Waals surface area contributed by atoms with Crippen molar-refractivity contribution >= 4 is 21.6 Å². The average Bonchev–Trinajstić information content (AvgIpc) is 2.73. The van der Waals surface area contributed by atoms with Crippen LogP contribution in [0.15, 0.2) is 23.1 Å². The van der Waals surface area contributed by atoms with E-state index >= 15 is 0 Å². The van der Waals surface area contributed by atoms with Gasteiger partial charge in [-0.15, -0.1) is 0 Å². The fourth-order valence-electron chi connectivity index (χ4n) is 4.41. The van der Waals surface area contributed by atoms with Gasteiger partial charge >= 0.3 is 0 Å². The Bertz CT molecular complexity index is 878. The van der Waals surface area contributed by atoms with Crippen molar-refractivity contribution in [1.29, 1.82) is 0 Å². The molecule has 29 heavy (non-hydrogen) atoms. The molecular weight excluding hydrogens is 394 g/mol. The zero-order valence-electron chi connectivity index (χ0n) is 17.0. The zero-order chi connectivity index (χ0) is 21.2. The number of likely N-dealkylation sites (tertiary alicyclic amines) is 1. The number of hydrogen-bond acceptors (Lipinski definition) is 5. The van der Waals surface area contributed by atoms with Crippen molar-refractivity contribution in [2.24, 2.45) is 5.92 Å². The van der Waals surface area contributed by atoms with Crippen LogP contribution in [-0.4, -0.2) is 54.1 Å². The Morgan fingerprint density at radius 2 is 1.86 bits per heavy atom. The number of nitro benzene ring substituents is 1. The standard InChI is InChI=1S/C20H29N3O5S/c1-3-17-6-4-5-11-22(17)20(24)16-9-12-21(13-10-16)29(27,28)19-14-18(23(25)26)8-7-15(19)2/h7-8,14,16-17H,3-6,9-13H2,1-2H3. The highest BCUT2D eigenvalue weighted by Crippen LogP contribution is 2.30. The third-order valence-corrected chi connectivity index (χ3v) is 8.23. The molecule has 0 N–H and O–H groups in total. The van der Waals surface area contributed by atoms with Crippen LogP contribution in [0.1, 0.15) is 51.0 Å². The molecule has 2 heterocycles. The molecule has 1 aromatic rings. The van der Waals surface area contributed by atoms with Crippen LogP contribution in [0.2, 0.25) is 0 Å².